The van der Waals surface area contributed by atoms with Crippen LogP contribution in [-0.4, -0.2) is 54.8 Å². The van der Waals surface area contributed by atoms with Crippen molar-refractivity contribution in [2.45, 2.75) is 20.0 Å². The van der Waals surface area contributed by atoms with Crippen molar-refractivity contribution in [1.82, 2.24) is 4.90 Å². The molecule has 0 aliphatic rings. The fourth-order valence-corrected chi connectivity index (χ4v) is 2.49. The molecule has 0 aliphatic heterocycles. The van der Waals surface area contributed by atoms with Gasteiger partial charge in [-0.2, -0.15) is 0 Å². The summed E-state index contributed by atoms with van der Waals surface area (Å²) in [5.41, 5.74) is 0. The molecule has 2 unspecified atom stereocenters. The zero-order valence-corrected chi connectivity index (χ0v) is 15.3. The lowest BCUT2D eigenvalue weighted by atomic mass is 10.1. The van der Waals surface area contributed by atoms with Gasteiger partial charge in [-0.05, 0) is 25.1 Å². The van der Waals surface area contributed by atoms with Crippen LogP contribution in [-0.2, 0) is 14.3 Å². The Morgan fingerprint density at radius 1 is 1.25 bits per heavy atom. The van der Waals surface area contributed by atoms with Crippen LogP contribution in [0.3, 0.4) is 0 Å². The third-order valence-corrected chi connectivity index (χ3v) is 3.71. The monoisotopic (exact) mass is 377 g/mol. The van der Waals surface area contributed by atoms with Crippen molar-refractivity contribution in [2.75, 3.05) is 26.8 Å². The highest BCUT2D eigenvalue weighted by Gasteiger charge is 2.23. The lowest BCUT2D eigenvalue weighted by Crippen LogP contribution is -2.43. The lowest BCUT2D eigenvalue weighted by molar-refractivity contribution is -0.147. The summed E-state index contributed by atoms with van der Waals surface area (Å²) in [5.74, 6) is -0.998. The van der Waals surface area contributed by atoms with Crippen LogP contribution in [0.2, 0.25) is 10.0 Å². The highest BCUT2D eigenvalue weighted by molar-refractivity contribution is 6.35. The summed E-state index contributed by atoms with van der Waals surface area (Å²) in [6.45, 7) is 3.12. The number of esters is 1. The van der Waals surface area contributed by atoms with Crippen LogP contribution in [0.4, 0.5) is 0 Å². The molecule has 0 heterocycles. The molecule has 6 nitrogen and oxygen atoms in total. The molecule has 8 heteroatoms. The van der Waals surface area contributed by atoms with Crippen molar-refractivity contribution in [3.05, 3.63) is 28.2 Å². The van der Waals surface area contributed by atoms with E-state index in [2.05, 4.69) is 4.74 Å². The molecule has 0 radical (unpaired) electrons. The van der Waals surface area contributed by atoms with E-state index in [1.165, 1.54) is 18.1 Å². The average molecular weight is 378 g/mol. The van der Waals surface area contributed by atoms with E-state index in [1.54, 1.807) is 26.0 Å². The van der Waals surface area contributed by atoms with Crippen molar-refractivity contribution in [3.63, 3.8) is 0 Å². The molecule has 0 aromatic heterocycles. The van der Waals surface area contributed by atoms with Crippen molar-refractivity contribution in [1.29, 1.82) is 0 Å². The molecule has 0 spiro atoms. The number of amides is 1. The van der Waals surface area contributed by atoms with E-state index in [4.69, 9.17) is 27.9 Å². The molecule has 1 N–H and O–H groups in total. The number of nitrogens with zero attached hydrogens (tertiary/aromatic N) is 1. The normalized spacial score (nSPS) is 13.1. The van der Waals surface area contributed by atoms with E-state index >= 15 is 0 Å². The molecular weight excluding hydrogens is 357 g/mol. The molecule has 0 saturated carbocycles. The predicted molar refractivity (Wildman–Crippen MR) is 91.4 cm³/mol. The second kappa shape index (κ2) is 9.71. The number of ether oxygens (including phenoxy) is 2. The number of carbonyl (C=O) groups excluding carboxylic acids is 2. The summed E-state index contributed by atoms with van der Waals surface area (Å²) in [6, 6.07) is 4.67. The largest absolute Gasteiger partial charge is 0.482 e. The van der Waals surface area contributed by atoms with Crippen molar-refractivity contribution < 1.29 is 24.2 Å². The topological polar surface area (TPSA) is 76.1 Å². The van der Waals surface area contributed by atoms with Gasteiger partial charge in [-0.1, -0.05) is 30.1 Å². The van der Waals surface area contributed by atoms with Crippen molar-refractivity contribution >= 4 is 35.1 Å². The Kier molecular flexibility index (Phi) is 8.31. The molecule has 0 bridgehead atoms. The first-order chi connectivity index (χ1) is 11.2. The van der Waals surface area contributed by atoms with Crippen molar-refractivity contribution in [2.24, 2.45) is 5.92 Å². The smallest absolute Gasteiger partial charge is 0.310 e. The number of aliphatic hydroxyl groups is 1. The number of hydrogen-bond donors (Lipinski definition) is 1. The maximum Gasteiger partial charge on any atom is 0.310 e. The third-order valence-electron chi connectivity index (χ3n) is 3.18. The highest BCUT2D eigenvalue weighted by atomic mass is 35.5. The number of methoxy groups -OCH3 is 1. The van der Waals surface area contributed by atoms with Crippen LogP contribution in [0.1, 0.15) is 13.8 Å². The summed E-state index contributed by atoms with van der Waals surface area (Å²) in [4.78, 5) is 25.2. The van der Waals surface area contributed by atoms with Crippen LogP contribution in [0.15, 0.2) is 18.2 Å². The number of carbonyl (C=O) groups is 2. The Hall–Kier alpha value is -1.50. The van der Waals surface area contributed by atoms with Gasteiger partial charge >= 0.3 is 5.97 Å². The minimum absolute atomic E-state index is 0.0812. The standard InChI is InChI=1S/C16H21Cl2NO5/c1-10(16(22)23-3)7-19(8-11(2)20)15(21)9-24-14-5-4-12(17)6-13(14)18/h4-6,10-11,20H,7-9H2,1-3H3. The summed E-state index contributed by atoms with van der Waals surface area (Å²) < 4.78 is 10.1. The first-order valence-corrected chi connectivity index (χ1v) is 8.11. The lowest BCUT2D eigenvalue weighted by Gasteiger charge is -2.26. The molecule has 1 amide bonds. The molecule has 24 heavy (non-hydrogen) atoms. The zero-order chi connectivity index (χ0) is 18.3. The molecule has 134 valence electrons. The minimum Gasteiger partial charge on any atom is -0.482 e. The molecule has 0 fully saturated rings. The number of halogens is 2. The van der Waals surface area contributed by atoms with E-state index in [0.717, 1.165) is 0 Å². The average Bonchev–Trinajstić information content (AvgIpc) is 2.51. The van der Waals surface area contributed by atoms with Gasteiger partial charge in [0, 0.05) is 18.1 Å². The van der Waals surface area contributed by atoms with Gasteiger partial charge in [-0.25, -0.2) is 0 Å². The number of hydrogen-bond acceptors (Lipinski definition) is 5. The van der Waals surface area contributed by atoms with E-state index in [-0.39, 0.29) is 25.6 Å². The molecule has 0 aliphatic carbocycles. The Balaban J connectivity index is 2.71. The third kappa shape index (κ3) is 6.55. The molecule has 1 aromatic carbocycles. The minimum atomic E-state index is -0.738. The number of aliphatic hydroxyl groups excluding tert-OH is 1. The van der Waals surface area contributed by atoms with Crippen LogP contribution in [0.5, 0.6) is 5.75 Å². The quantitative estimate of drug-likeness (QED) is 0.703. The fraction of sp³-hybridized carbons (Fsp3) is 0.500. The summed E-state index contributed by atoms with van der Waals surface area (Å²) in [7, 11) is 1.28. The van der Waals surface area contributed by atoms with E-state index in [1.807, 2.05) is 0 Å². The van der Waals surface area contributed by atoms with Gasteiger partial charge in [0.2, 0.25) is 0 Å². The van der Waals surface area contributed by atoms with E-state index in [0.29, 0.717) is 15.8 Å². The van der Waals surface area contributed by atoms with Gasteiger partial charge in [-0.3, -0.25) is 9.59 Å². The summed E-state index contributed by atoms with van der Waals surface area (Å²) >= 11 is 11.8. The first-order valence-electron chi connectivity index (χ1n) is 7.36. The van der Waals surface area contributed by atoms with E-state index in [9.17, 15) is 14.7 Å². The summed E-state index contributed by atoms with van der Waals surface area (Å²) in [6.07, 6.45) is -0.738. The zero-order valence-electron chi connectivity index (χ0n) is 13.8. The Morgan fingerprint density at radius 3 is 2.46 bits per heavy atom. The molecule has 2 atom stereocenters. The second-order valence-electron chi connectivity index (χ2n) is 5.44. The van der Waals surface area contributed by atoms with Crippen molar-refractivity contribution in [3.8, 4) is 5.75 Å². The van der Waals surface area contributed by atoms with E-state index < -0.39 is 18.0 Å². The predicted octanol–water partition coefficient (Wildman–Crippen LogP) is 2.39. The van der Waals surface area contributed by atoms with Gasteiger partial charge in [0.15, 0.2) is 6.61 Å². The van der Waals surface area contributed by atoms with Crippen LogP contribution in [0, 0.1) is 5.92 Å². The molecule has 0 saturated heterocycles. The summed E-state index contributed by atoms with van der Waals surface area (Å²) in [5, 5.41) is 10.3. The first kappa shape index (κ1) is 20.5. The van der Waals surface area contributed by atoms with Gasteiger partial charge < -0.3 is 19.5 Å². The number of benzene rings is 1. The maximum atomic E-state index is 12.3. The SMILES string of the molecule is COC(=O)C(C)CN(CC(C)O)C(=O)COc1ccc(Cl)cc1Cl. The Bertz CT molecular complexity index is 580. The van der Waals surface area contributed by atoms with Gasteiger partial charge in [0.1, 0.15) is 5.75 Å². The Labute approximate surface area is 151 Å². The van der Waals surface area contributed by atoms with Crippen LogP contribution < -0.4 is 4.74 Å². The van der Waals surface area contributed by atoms with Crippen LogP contribution >= 0.6 is 23.2 Å². The molecular formula is C16H21Cl2NO5. The van der Waals surface area contributed by atoms with Crippen LogP contribution in [0.25, 0.3) is 0 Å². The molecule has 1 rings (SSSR count). The number of rotatable bonds is 8. The van der Waals surface area contributed by atoms with Gasteiger partial charge in [-0.15, -0.1) is 0 Å². The second-order valence-corrected chi connectivity index (χ2v) is 6.28. The van der Waals surface area contributed by atoms with Gasteiger partial charge in [0.05, 0.1) is 24.2 Å². The van der Waals surface area contributed by atoms with Gasteiger partial charge in [0.25, 0.3) is 5.91 Å². The highest BCUT2D eigenvalue weighted by Crippen LogP contribution is 2.27. The molecule has 1 aromatic rings. The fourth-order valence-electron chi connectivity index (χ4n) is 2.03. The maximum absolute atomic E-state index is 12.3. The Morgan fingerprint density at radius 2 is 1.92 bits per heavy atom.